The molecule has 0 radical (unpaired) electrons. The van der Waals surface area contributed by atoms with Crippen molar-refractivity contribution in [3.05, 3.63) is 90.5 Å². The van der Waals surface area contributed by atoms with Crippen LogP contribution in [-0.2, 0) is 4.79 Å². The second kappa shape index (κ2) is 9.60. The predicted molar refractivity (Wildman–Crippen MR) is 143 cm³/mol. The minimum absolute atomic E-state index is 0.0142. The number of nitriles is 1. The molecule has 0 bridgehead atoms. The van der Waals surface area contributed by atoms with E-state index < -0.39 is 0 Å². The summed E-state index contributed by atoms with van der Waals surface area (Å²) in [6.07, 6.45) is 0. The molecule has 0 aliphatic heterocycles. The van der Waals surface area contributed by atoms with Crippen LogP contribution < -0.4 is 5.32 Å². The highest BCUT2D eigenvalue weighted by atomic mass is 32.2. The van der Waals surface area contributed by atoms with Crippen LogP contribution in [0.1, 0.15) is 5.56 Å². The Labute approximate surface area is 215 Å². The van der Waals surface area contributed by atoms with E-state index >= 15 is 0 Å². The molecule has 9 heteroatoms. The van der Waals surface area contributed by atoms with Gasteiger partial charge in [-0.2, -0.15) is 5.26 Å². The molecule has 3 heterocycles. The zero-order valence-electron chi connectivity index (χ0n) is 19.3. The molecule has 0 atom stereocenters. The van der Waals surface area contributed by atoms with Gasteiger partial charge in [0.2, 0.25) is 16.9 Å². The number of carbonyl (C=O) groups excluding carboxylic acids is 1. The van der Waals surface area contributed by atoms with Crippen LogP contribution >= 0.6 is 11.8 Å². The van der Waals surface area contributed by atoms with Crippen molar-refractivity contribution in [1.82, 2.24) is 20.2 Å². The molecular weight excluding hydrogens is 484 g/mol. The number of aromatic nitrogens is 4. The van der Waals surface area contributed by atoms with Crippen LogP contribution in [0.4, 0.5) is 5.88 Å². The third kappa shape index (κ3) is 4.30. The van der Waals surface area contributed by atoms with Crippen LogP contribution in [0.5, 0.6) is 0 Å². The number of aromatic amines is 1. The number of thioether (sulfide) groups is 1. The number of hydrogen-bond acceptors (Lipinski definition) is 7. The van der Waals surface area contributed by atoms with E-state index in [1.807, 2.05) is 84.9 Å². The number of amides is 1. The summed E-state index contributed by atoms with van der Waals surface area (Å²) in [4.78, 5) is 20.6. The lowest BCUT2D eigenvalue weighted by atomic mass is 9.98. The molecule has 178 valence electrons. The van der Waals surface area contributed by atoms with E-state index in [-0.39, 0.29) is 23.1 Å². The summed E-state index contributed by atoms with van der Waals surface area (Å²) in [7, 11) is 0. The summed E-state index contributed by atoms with van der Waals surface area (Å²) in [5, 5.41) is 22.5. The minimum atomic E-state index is -0.352. The first-order chi connectivity index (χ1) is 18.2. The number of nitrogens with zero attached hydrogens (tertiary/aromatic N) is 4. The largest absolute Gasteiger partial charge is 0.438 e. The zero-order valence-corrected chi connectivity index (χ0v) is 20.1. The number of anilines is 1. The Hall–Kier alpha value is -4.94. The van der Waals surface area contributed by atoms with E-state index in [1.165, 1.54) is 0 Å². The number of fused-ring (bicyclic) bond motifs is 3. The Morgan fingerprint density at radius 1 is 0.946 bits per heavy atom. The second-order valence-corrected chi connectivity index (χ2v) is 9.10. The molecule has 0 saturated carbocycles. The van der Waals surface area contributed by atoms with E-state index in [0.717, 1.165) is 33.8 Å². The van der Waals surface area contributed by atoms with E-state index in [2.05, 4.69) is 31.6 Å². The standard InChI is InChI=1S/C28H18N6O2S/c29-15-20-23(17-9-3-1-4-10-17)25(18-11-5-2-6-12-18)36-27(20)31-22(35)16-37-28-32-26-24(33-34-28)19-13-7-8-14-21(19)30-26/h1-14H,16H2,(H,31,35)(H,30,32,34). The summed E-state index contributed by atoms with van der Waals surface area (Å²) in [6.45, 7) is 0. The topological polar surface area (TPSA) is 120 Å². The van der Waals surface area contributed by atoms with Crippen LogP contribution in [0.25, 0.3) is 44.5 Å². The molecule has 0 fully saturated rings. The Balaban J connectivity index is 1.26. The molecule has 37 heavy (non-hydrogen) atoms. The van der Waals surface area contributed by atoms with E-state index in [4.69, 9.17) is 4.42 Å². The maximum atomic E-state index is 12.9. The van der Waals surface area contributed by atoms with Gasteiger partial charge < -0.3 is 9.40 Å². The van der Waals surface area contributed by atoms with E-state index in [9.17, 15) is 10.1 Å². The normalized spacial score (nSPS) is 11.0. The molecule has 6 rings (SSSR count). The van der Waals surface area contributed by atoms with Gasteiger partial charge in [-0.1, -0.05) is 90.6 Å². The maximum absolute atomic E-state index is 12.9. The maximum Gasteiger partial charge on any atom is 0.237 e. The van der Waals surface area contributed by atoms with Crippen molar-refractivity contribution in [3.8, 4) is 28.5 Å². The fraction of sp³-hybridized carbons (Fsp3) is 0.0357. The average Bonchev–Trinajstić information content (AvgIpc) is 3.50. The molecule has 0 spiro atoms. The molecule has 2 N–H and O–H groups in total. The lowest BCUT2D eigenvalue weighted by molar-refractivity contribution is -0.113. The molecule has 3 aromatic heterocycles. The lowest BCUT2D eigenvalue weighted by Gasteiger charge is -2.03. The molecule has 1 amide bonds. The highest BCUT2D eigenvalue weighted by Gasteiger charge is 2.24. The number of nitrogens with one attached hydrogen (secondary N) is 2. The second-order valence-electron chi connectivity index (χ2n) is 8.15. The number of para-hydroxylation sites is 1. The predicted octanol–water partition coefficient (Wildman–Crippen LogP) is 6.04. The first kappa shape index (κ1) is 22.5. The highest BCUT2D eigenvalue weighted by Crippen LogP contribution is 2.41. The van der Waals surface area contributed by atoms with Gasteiger partial charge in [0.25, 0.3) is 0 Å². The molecule has 6 aromatic rings. The van der Waals surface area contributed by atoms with Gasteiger partial charge in [-0.15, -0.1) is 10.2 Å². The molecule has 0 aliphatic rings. The lowest BCUT2D eigenvalue weighted by Crippen LogP contribution is -2.14. The van der Waals surface area contributed by atoms with Gasteiger partial charge in [0.15, 0.2) is 5.65 Å². The van der Waals surface area contributed by atoms with E-state index in [1.54, 1.807) is 0 Å². The fourth-order valence-corrected chi connectivity index (χ4v) is 4.75. The van der Waals surface area contributed by atoms with Crippen molar-refractivity contribution in [2.75, 3.05) is 11.1 Å². The Kier molecular flexibility index (Phi) is 5.84. The van der Waals surface area contributed by atoms with Crippen molar-refractivity contribution in [1.29, 1.82) is 5.26 Å². The Bertz CT molecular complexity index is 1790. The van der Waals surface area contributed by atoms with Gasteiger partial charge in [-0.3, -0.25) is 10.1 Å². The number of benzene rings is 3. The molecule has 0 unspecified atom stereocenters. The summed E-state index contributed by atoms with van der Waals surface area (Å²) < 4.78 is 6.08. The quantitative estimate of drug-likeness (QED) is 0.267. The smallest absolute Gasteiger partial charge is 0.237 e. The molecule has 3 aromatic carbocycles. The fourth-order valence-electron chi connectivity index (χ4n) is 4.16. The monoisotopic (exact) mass is 502 g/mol. The Morgan fingerprint density at radius 2 is 1.65 bits per heavy atom. The molecule has 0 saturated heterocycles. The van der Waals surface area contributed by atoms with Crippen molar-refractivity contribution in [2.45, 2.75) is 5.16 Å². The highest BCUT2D eigenvalue weighted by molar-refractivity contribution is 7.99. The van der Waals surface area contributed by atoms with Crippen LogP contribution in [0, 0.1) is 11.3 Å². The number of H-pyrrole nitrogens is 1. The first-order valence-corrected chi connectivity index (χ1v) is 12.4. The third-order valence-electron chi connectivity index (χ3n) is 5.81. The summed E-state index contributed by atoms with van der Waals surface area (Å²) in [5.41, 5.74) is 4.73. The SMILES string of the molecule is N#Cc1c(NC(=O)CSc2nnc3c(n2)[nH]c2ccccc23)oc(-c2ccccc2)c1-c1ccccc1. The van der Waals surface area contributed by atoms with Crippen molar-refractivity contribution in [3.63, 3.8) is 0 Å². The van der Waals surface area contributed by atoms with Crippen molar-refractivity contribution < 1.29 is 9.21 Å². The summed E-state index contributed by atoms with van der Waals surface area (Å²) in [6, 6.07) is 29.0. The van der Waals surface area contributed by atoms with Crippen LogP contribution in [-0.4, -0.2) is 31.8 Å². The Morgan fingerprint density at radius 3 is 2.41 bits per heavy atom. The zero-order chi connectivity index (χ0) is 25.2. The number of rotatable bonds is 6. The molecule has 0 aliphatic carbocycles. The number of furan rings is 1. The van der Waals surface area contributed by atoms with Gasteiger partial charge in [-0.05, 0) is 11.6 Å². The molecule has 8 nitrogen and oxygen atoms in total. The van der Waals surface area contributed by atoms with Gasteiger partial charge in [0.05, 0.1) is 5.75 Å². The number of carbonyl (C=O) groups is 1. The van der Waals surface area contributed by atoms with Gasteiger partial charge in [-0.25, -0.2) is 4.98 Å². The van der Waals surface area contributed by atoms with Crippen LogP contribution in [0.15, 0.2) is 94.5 Å². The summed E-state index contributed by atoms with van der Waals surface area (Å²) in [5.74, 6) is 0.286. The van der Waals surface area contributed by atoms with Gasteiger partial charge in [0.1, 0.15) is 22.9 Å². The van der Waals surface area contributed by atoms with Gasteiger partial charge in [0, 0.05) is 22.0 Å². The van der Waals surface area contributed by atoms with Crippen molar-refractivity contribution in [2.24, 2.45) is 0 Å². The first-order valence-electron chi connectivity index (χ1n) is 11.4. The van der Waals surface area contributed by atoms with E-state index in [0.29, 0.717) is 27.6 Å². The number of hydrogen-bond donors (Lipinski definition) is 2. The molecular formula is C28H18N6O2S. The van der Waals surface area contributed by atoms with Crippen LogP contribution in [0.2, 0.25) is 0 Å². The van der Waals surface area contributed by atoms with Crippen LogP contribution in [0.3, 0.4) is 0 Å². The van der Waals surface area contributed by atoms with Gasteiger partial charge >= 0.3 is 0 Å². The third-order valence-corrected chi connectivity index (χ3v) is 6.64. The van der Waals surface area contributed by atoms with Crippen molar-refractivity contribution >= 4 is 45.6 Å². The average molecular weight is 503 g/mol. The minimum Gasteiger partial charge on any atom is -0.438 e. The summed E-state index contributed by atoms with van der Waals surface area (Å²) >= 11 is 1.15.